The van der Waals surface area contributed by atoms with Crippen molar-refractivity contribution in [1.82, 2.24) is 15.5 Å². The van der Waals surface area contributed by atoms with E-state index in [-0.39, 0.29) is 17.5 Å². The summed E-state index contributed by atoms with van der Waals surface area (Å²) in [7, 11) is 1.86. The summed E-state index contributed by atoms with van der Waals surface area (Å²) in [4.78, 5) is 14.3. The maximum Gasteiger partial charge on any atom is 0.239 e. The largest absolute Gasteiger partial charge is 0.468 e. The molecule has 1 aliphatic rings. The van der Waals surface area contributed by atoms with E-state index in [9.17, 15) is 4.79 Å². The Balaban J connectivity index is 2.13. The average molecular weight is 251 g/mol. The molecule has 0 bridgehead atoms. The summed E-state index contributed by atoms with van der Waals surface area (Å²) < 4.78 is 5.37. The minimum absolute atomic E-state index is 0.0761. The highest BCUT2D eigenvalue weighted by Gasteiger charge is 2.38. The molecule has 0 spiro atoms. The summed E-state index contributed by atoms with van der Waals surface area (Å²) in [6.07, 6.45) is 1.66. The Labute approximate surface area is 108 Å². The highest BCUT2D eigenvalue weighted by Crippen LogP contribution is 2.18. The average Bonchev–Trinajstić information content (AvgIpc) is 2.75. The van der Waals surface area contributed by atoms with Gasteiger partial charge in [-0.2, -0.15) is 0 Å². The molecule has 1 atom stereocenters. The molecule has 2 rings (SSSR count). The number of carbonyl (C=O) groups is 1. The Hall–Kier alpha value is -1.33. The van der Waals surface area contributed by atoms with E-state index in [1.807, 2.05) is 33.0 Å². The third-order valence-corrected chi connectivity index (χ3v) is 3.14. The fourth-order valence-electron chi connectivity index (χ4n) is 2.42. The lowest BCUT2D eigenvalue weighted by Crippen LogP contribution is -2.66. The fourth-order valence-corrected chi connectivity index (χ4v) is 2.42. The second-order valence-electron chi connectivity index (χ2n) is 5.43. The van der Waals surface area contributed by atoms with Gasteiger partial charge in [0.25, 0.3) is 0 Å². The topological polar surface area (TPSA) is 57.5 Å². The molecule has 0 aromatic carbocycles. The molecule has 1 amide bonds. The van der Waals surface area contributed by atoms with Crippen LogP contribution < -0.4 is 10.6 Å². The van der Waals surface area contributed by atoms with Crippen molar-refractivity contribution in [1.29, 1.82) is 0 Å². The molecule has 1 saturated heterocycles. The van der Waals surface area contributed by atoms with Gasteiger partial charge in [-0.05, 0) is 33.0 Å². The van der Waals surface area contributed by atoms with Gasteiger partial charge in [0.15, 0.2) is 0 Å². The van der Waals surface area contributed by atoms with Crippen LogP contribution in [0.2, 0.25) is 0 Å². The smallest absolute Gasteiger partial charge is 0.239 e. The monoisotopic (exact) mass is 251 g/mol. The van der Waals surface area contributed by atoms with Gasteiger partial charge in [0.1, 0.15) is 11.8 Å². The van der Waals surface area contributed by atoms with E-state index < -0.39 is 0 Å². The van der Waals surface area contributed by atoms with Crippen LogP contribution in [-0.4, -0.2) is 42.5 Å². The van der Waals surface area contributed by atoms with Crippen molar-refractivity contribution in [2.45, 2.75) is 32.0 Å². The molecule has 1 unspecified atom stereocenters. The number of hydrogen-bond donors (Lipinski definition) is 2. The molecule has 5 heteroatoms. The van der Waals surface area contributed by atoms with Crippen molar-refractivity contribution >= 4 is 5.91 Å². The number of likely N-dealkylation sites (N-methyl/N-ethyl adjacent to an activating group) is 1. The van der Waals surface area contributed by atoms with Crippen molar-refractivity contribution in [2.75, 3.05) is 20.1 Å². The van der Waals surface area contributed by atoms with Gasteiger partial charge < -0.3 is 15.1 Å². The summed E-state index contributed by atoms with van der Waals surface area (Å²) >= 11 is 0. The van der Waals surface area contributed by atoms with E-state index in [0.29, 0.717) is 13.1 Å². The van der Waals surface area contributed by atoms with Gasteiger partial charge in [-0.15, -0.1) is 0 Å². The first-order valence-electron chi connectivity index (χ1n) is 6.25. The van der Waals surface area contributed by atoms with Crippen LogP contribution in [0, 0.1) is 0 Å². The van der Waals surface area contributed by atoms with E-state index in [4.69, 9.17) is 4.42 Å². The summed E-state index contributed by atoms with van der Waals surface area (Å²) in [5.74, 6) is 0.966. The van der Waals surface area contributed by atoms with Crippen LogP contribution in [0.25, 0.3) is 0 Å². The van der Waals surface area contributed by atoms with Gasteiger partial charge in [-0.25, -0.2) is 0 Å². The highest BCUT2D eigenvalue weighted by molar-refractivity contribution is 5.83. The number of piperazine rings is 1. The number of rotatable bonds is 4. The van der Waals surface area contributed by atoms with Crippen molar-refractivity contribution < 1.29 is 9.21 Å². The second-order valence-corrected chi connectivity index (χ2v) is 5.43. The molecule has 0 saturated carbocycles. The summed E-state index contributed by atoms with van der Waals surface area (Å²) in [5, 5.41) is 6.12. The van der Waals surface area contributed by atoms with Crippen LogP contribution in [-0.2, 0) is 11.3 Å². The molecular weight excluding hydrogens is 230 g/mol. The molecule has 1 fully saturated rings. The first-order chi connectivity index (χ1) is 8.52. The SMILES string of the molecule is CNCC1C(=O)NC(C)(C)CN1Cc1ccco1. The minimum Gasteiger partial charge on any atom is -0.468 e. The molecule has 2 N–H and O–H groups in total. The zero-order chi connectivity index (χ0) is 13.2. The van der Waals surface area contributed by atoms with E-state index in [1.165, 1.54) is 0 Å². The third kappa shape index (κ3) is 2.91. The fraction of sp³-hybridized carbons (Fsp3) is 0.615. The molecule has 1 aromatic heterocycles. The molecule has 5 nitrogen and oxygen atoms in total. The van der Waals surface area contributed by atoms with Crippen LogP contribution in [0.3, 0.4) is 0 Å². The lowest BCUT2D eigenvalue weighted by Gasteiger charge is -2.43. The number of amides is 1. The lowest BCUT2D eigenvalue weighted by atomic mass is 9.98. The van der Waals surface area contributed by atoms with Gasteiger partial charge >= 0.3 is 0 Å². The van der Waals surface area contributed by atoms with Gasteiger partial charge in [0.05, 0.1) is 12.8 Å². The van der Waals surface area contributed by atoms with Crippen molar-refractivity contribution in [3.8, 4) is 0 Å². The summed E-state index contributed by atoms with van der Waals surface area (Å²) in [5.41, 5.74) is -0.200. The van der Waals surface area contributed by atoms with Gasteiger partial charge in [0, 0.05) is 18.6 Å². The summed E-state index contributed by atoms with van der Waals surface area (Å²) in [6.45, 7) is 6.19. The van der Waals surface area contributed by atoms with Crippen LogP contribution in [0.15, 0.2) is 22.8 Å². The maximum atomic E-state index is 12.1. The van der Waals surface area contributed by atoms with E-state index in [0.717, 1.165) is 12.3 Å². The number of nitrogens with one attached hydrogen (secondary N) is 2. The molecule has 1 aliphatic heterocycles. The van der Waals surface area contributed by atoms with Crippen molar-refractivity contribution in [2.24, 2.45) is 0 Å². The van der Waals surface area contributed by atoms with E-state index in [1.54, 1.807) is 6.26 Å². The zero-order valence-electron chi connectivity index (χ0n) is 11.2. The van der Waals surface area contributed by atoms with Crippen LogP contribution >= 0.6 is 0 Å². The quantitative estimate of drug-likeness (QED) is 0.822. The molecule has 0 radical (unpaired) electrons. The van der Waals surface area contributed by atoms with Crippen molar-refractivity contribution in [3.05, 3.63) is 24.2 Å². The zero-order valence-corrected chi connectivity index (χ0v) is 11.2. The van der Waals surface area contributed by atoms with Gasteiger partial charge in [-0.1, -0.05) is 0 Å². The first-order valence-corrected chi connectivity index (χ1v) is 6.25. The molecule has 18 heavy (non-hydrogen) atoms. The predicted molar refractivity (Wildman–Crippen MR) is 69.1 cm³/mol. The molecular formula is C13H21N3O2. The normalized spacial score (nSPS) is 23.9. The Morgan fingerprint density at radius 2 is 2.39 bits per heavy atom. The van der Waals surface area contributed by atoms with Crippen LogP contribution in [0.4, 0.5) is 0 Å². The number of hydrogen-bond acceptors (Lipinski definition) is 4. The van der Waals surface area contributed by atoms with E-state index in [2.05, 4.69) is 15.5 Å². The molecule has 1 aromatic rings. The number of nitrogens with zero attached hydrogens (tertiary/aromatic N) is 1. The number of carbonyl (C=O) groups excluding carboxylic acids is 1. The Kier molecular flexibility index (Phi) is 3.73. The van der Waals surface area contributed by atoms with E-state index >= 15 is 0 Å². The second kappa shape index (κ2) is 5.12. The third-order valence-electron chi connectivity index (χ3n) is 3.14. The van der Waals surface area contributed by atoms with Crippen LogP contribution in [0.5, 0.6) is 0 Å². The summed E-state index contributed by atoms with van der Waals surface area (Å²) in [6, 6.07) is 3.67. The standard InChI is InChI=1S/C13H21N3O2/c1-13(2)9-16(8-10-5-4-6-18-10)11(7-14-3)12(17)15-13/h4-6,11,14H,7-9H2,1-3H3,(H,15,17). The maximum absolute atomic E-state index is 12.1. The highest BCUT2D eigenvalue weighted by atomic mass is 16.3. The van der Waals surface area contributed by atoms with Crippen molar-refractivity contribution in [3.63, 3.8) is 0 Å². The predicted octanol–water partition coefficient (Wildman–Crippen LogP) is 0.578. The Bertz CT molecular complexity index is 400. The van der Waals surface area contributed by atoms with Gasteiger partial charge in [0.2, 0.25) is 5.91 Å². The first kappa shape index (κ1) is 13.1. The lowest BCUT2D eigenvalue weighted by molar-refractivity contribution is -0.133. The Morgan fingerprint density at radius 3 is 3.00 bits per heavy atom. The molecule has 100 valence electrons. The molecule has 0 aliphatic carbocycles. The Morgan fingerprint density at radius 1 is 1.61 bits per heavy atom. The number of furan rings is 1. The van der Waals surface area contributed by atoms with Gasteiger partial charge in [-0.3, -0.25) is 9.69 Å². The minimum atomic E-state index is -0.200. The van der Waals surface area contributed by atoms with Crippen LogP contribution in [0.1, 0.15) is 19.6 Å². The molecule has 2 heterocycles.